The highest BCUT2D eigenvalue weighted by Crippen LogP contribution is 2.28. The van der Waals surface area contributed by atoms with Crippen LogP contribution in [0, 0.1) is 19.8 Å². The fourth-order valence-corrected chi connectivity index (χ4v) is 4.43. The van der Waals surface area contributed by atoms with Crippen molar-refractivity contribution in [3.05, 3.63) is 64.7 Å². The number of nitrogens with one attached hydrogen (secondary N) is 2. The smallest absolute Gasteiger partial charge is 0.408 e. The molecule has 3 amide bonds. The van der Waals surface area contributed by atoms with Gasteiger partial charge >= 0.3 is 6.09 Å². The number of nitrogens with zero attached hydrogens (tertiary/aromatic N) is 1. The highest BCUT2D eigenvalue weighted by molar-refractivity contribution is 5.99. The fraction of sp³-hybridized carbons (Fsp3) is 0.516. The van der Waals surface area contributed by atoms with Gasteiger partial charge < -0.3 is 25.4 Å². The Morgan fingerprint density at radius 2 is 1.59 bits per heavy atom. The van der Waals surface area contributed by atoms with E-state index in [1.54, 1.807) is 20.8 Å². The summed E-state index contributed by atoms with van der Waals surface area (Å²) >= 11 is 0. The first kappa shape index (κ1) is 31.8. The Balaban J connectivity index is 2.55. The van der Waals surface area contributed by atoms with Gasteiger partial charge in [0, 0.05) is 12.2 Å². The topological polar surface area (TPSA) is 108 Å². The predicted molar refractivity (Wildman–Crippen MR) is 155 cm³/mol. The van der Waals surface area contributed by atoms with Gasteiger partial charge in [0.15, 0.2) is 0 Å². The van der Waals surface area contributed by atoms with Crippen molar-refractivity contribution in [2.45, 2.75) is 85.9 Å². The molecule has 0 aromatic heterocycles. The Morgan fingerprint density at radius 1 is 1.00 bits per heavy atom. The molecular formula is C31H45N3O5. The number of alkyl carbamates (subject to hydrolysis) is 1. The van der Waals surface area contributed by atoms with Crippen molar-refractivity contribution >= 4 is 23.6 Å². The van der Waals surface area contributed by atoms with Crippen LogP contribution in [0.25, 0.3) is 0 Å². The number of carbonyl (C=O) groups is 3. The first-order valence-corrected chi connectivity index (χ1v) is 13.6. The molecule has 3 N–H and O–H groups in total. The van der Waals surface area contributed by atoms with Crippen LogP contribution in [0.4, 0.5) is 10.5 Å². The lowest BCUT2D eigenvalue weighted by molar-refractivity contribution is -0.141. The zero-order chi connectivity index (χ0) is 29.3. The maximum absolute atomic E-state index is 14.1. The lowest BCUT2D eigenvalue weighted by Gasteiger charge is -2.34. The second kappa shape index (κ2) is 14.1. The summed E-state index contributed by atoms with van der Waals surface area (Å²) < 4.78 is 5.41. The number of hydrogen-bond acceptors (Lipinski definition) is 5. The van der Waals surface area contributed by atoms with Gasteiger partial charge in [-0.05, 0) is 75.6 Å². The summed E-state index contributed by atoms with van der Waals surface area (Å²) in [6.45, 7) is 14.6. The van der Waals surface area contributed by atoms with Gasteiger partial charge in [0.25, 0.3) is 5.91 Å². The minimum Gasteiger partial charge on any atom is -0.444 e. The van der Waals surface area contributed by atoms with Gasteiger partial charge in [-0.2, -0.15) is 0 Å². The lowest BCUT2D eigenvalue weighted by Crippen LogP contribution is -2.53. The van der Waals surface area contributed by atoms with Crippen LogP contribution in [0.2, 0.25) is 0 Å². The molecule has 0 heterocycles. The molecule has 8 heteroatoms. The highest BCUT2D eigenvalue weighted by atomic mass is 16.6. The van der Waals surface area contributed by atoms with Gasteiger partial charge in [-0.3, -0.25) is 9.59 Å². The highest BCUT2D eigenvalue weighted by Gasteiger charge is 2.36. The van der Waals surface area contributed by atoms with E-state index < -0.39 is 35.6 Å². The van der Waals surface area contributed by atoms with E-state index >= 15 is 0 Å². The van der Waals surface area contributed by atoms with Gasteiger partial charge in [-0.15, -0.1) is 0 Å². The molecule has 0 saturated heterocycles. The second-order valence-corrected chi connectivity index (χ2v) is 11.3. The van der Waals surface area contributed by atoms with Gasteiger partial charge in [-0.25, -0.2) is 4.79 Å². The SMILES string of the molecule is CCc1ccc(C(C(=O)Nc2c(C)cccc2C)N(CCO)C(=O)C(CC(C)C)NC(=O)OC(C)(C)C)cc1. The molecule has 2 aromatic rings. The van der Waals surface area contributed by atoms with Crippen molar-refractivity contribution < 1.29 is 24.2 Å². The molecular weight excluding hydrogens is 494 g/mol. The monoisotopic (exact) mass is 539 g/mol. The van der Waals surface area contributed by atoms with Crippen LogP contribution in [0.1, 0.15) is 76.3 Å². The van der Waals surface area contributed by atoms with E-state index in [4.69, 9.17) is 4.74 Å². The van der Waals surface area contributed by atoms with Crippen molar-refractivity contribution in [3.8, 4) is 0 Å². The zero-order valence-corrected chi connectivity index (χ0v) is 24.6. The minimum atomic E-state index is -1.04. The lowest BCUT2D eigenvalue weighted by atomic mass is 9.98. The van der Waals surface area contributed by atoms with Gasteiger partial charge in [-0.1, -0.05) is 63.2 Å². The molecule has 0 aliphatic heterocycles. The molecule has 0 bridgehead atoms. The Bertz CT molecular complexity index is 1100. The van der Waals surface area contributed by atoms with E-state index in [-0.39, 0.29) is 19.1 Å². The molecule has 2 atom stereocenters. The van der Waals surface area contributed by atoms with E-state index in [9.17, 15) is 19.5 Å². The number of aliphatic hydroxyl groups excluding tert-OH is 1. The van der Waals surface area contributed by atoms with E-state index in [0.717, 1.165) is 23.1 Å². The summed E-state index contributed by atoms with van der Waals surface area (Å²) in [5.41, 5.74) is 3.44. The van der Waals surface area contributed by atoms with Crippen molar-refractivity contribution in [2.75, 3.05) is 18.5 Å². The van der Waals surface area contributed by atoms with Crippen molar-refractivity contribution in [2.24, 2.45) is 5.92 Å². The number of anilines is 1. The standard InChI is InChI=1S/C31H45N3O5/c1-9-23-13-15-24(16-14-23)27(28(36)33-26-21(4)11-10-12-22(26)5)34(17-18-35)29(37)25(19-20(2)3)32-30(38)39-31(6,7)8/h10-16,20,25,27,35H,9,17-19H2,1-8H3,(H,32,38)(H,33,36). The average molecular weight is 540 g/mol. The number of amides is 3. The molecule has 2 aromatic carbocycles. The molecule has 0 aliphatic carbocycles. The number of para-hydroxylation sites is 1. The van der Waals surface area contributed by atoms with Crippen LogP contribution in [0.5, 0.6) is 0 Å². The van der Waals surface area contributed by atoms with Crippen LogP contribution in [0.15, 0.2) is 42.5 Å². The normalized spacial score (nSPS) is 13.0. The average Bonchev–Trinajstić information content (AvgIpc) is 2.84. The molecule has 2 unspecified atom stereocenters. The predicted octanol–water partition coefficient (Wildman–Crippen LogP) is 5.31. The number of aryl methyl sites for hydroxylation is 3. The molecule has 39 heavy (non-hydrogen) atoms. The van der Waals surface area contributed by atoms with E-state index in [2.05, 4.69) is 10.6 Å². The van der Waals surface area contributed by atoms with Gasteiger partial charge in [0.1, 0.15) is 17.7 Å². The van der Waals surface area contributed by atoms with Gasteiger partial charge in [0.05, 0.1) is 6.61 Å². The first-order valence-electron chi connectivity index (χ1n) is 13.6. The minimum absolute atomic E-state index is 0.0654. The number of rotatable bonds is 11. The number of benzene rings is 2. The number of aliphatic hydroxyl groups is 1. The van der Waals surface area contributed by atoms with E-state index in [1.165, 1.54) is 4.90 Å². The summed E-state index contributed by atoms with van der Waals surface area (Å²) in [5.74, 6) is -0.806. The summed E-state index contributed by atoms with van der Waals surface area (Å²) in [5, 5.41) is 15.7. The van der Waals surface area contributed by atoms with E-state index in [0.29, 0.717) is 17.7 Å². The summed E-state index contributed by atoms with van der Waals surface area (Å²) in [4.78, 5) is 42.0. The van der Waals surface area contributed by atoms with Crippen LogP contribution < -0.4 is 10.6 Å². The molecule has 2 rings (SSSR count). The van der Waals surface area contributed by atoms with Crippen LogP contribution >= 0.6 is 0 Å². The molecule has 0 radical (unpaired) electrons. The maximum Gasteiger partial charge on any atom is 0.408 e. The molecule has 214 valence electrons. The molecule has 0 spiro atoms. The summed E-state index contributed by atoms with van der Waals surface area (Å²) in [6.07, 6.45) is 0.448. The molecule has 0 aliphatic rings. The molecule has 0 saturated carbocycles. The Kier molecular flexibility index (Phi) is 11.5. The second-order valence-electron chi connectivity index (χ2n) is 11.3. The summed E-state index contributed by atoms with van der Waals surface area (Å²) in [6, 6.07) is 11.3. The number of carbonyl (C=O) groups excluding carboxylic acids is 3. The third kappa shape index (κ3) is 9.39. The van der Waals surface area contributed by atoms with Crippen molar-refractivity contribution in [1.82, 2.24) is 10.2 Å². The quantitative estimate of drug-likeness (QED) is 0.359. The molecule has 8 nitrogen and oxygen atoms in total. The van der Waals surface area contributed by atoms with Gasteiger partial charge in [0.2, 0.25) is 5.91 Å². The van der Waals surface area contributed by atoms with Crippen LogP contribution in [-0.2, 0) is 20.7 Å². The Hall–Kier alpha value is -3.39. The molecule has 0 fully saturated rings. The third-order valence-corrected chi connectivity index (χ3v) is 6.31. The Morgan fingerprint density at radius 3 is 2.08 bits per heavy atom. The Labute approximate surface area is 233 Å². The zero-order valence-electron chi connectivity index (χ0n) is 24.6. The van der Waals surface area contributed by atoms with Crippen molar-refractivity contribution in [1.29, 1.82) is 0 Å². The summed E-state index contributed by atoms with van der Waals surface area (Å²) in [7, 11) is 0. The van der Waals surface area contributed by atoms with Crippen LogP contribution in [-0.4, -0.2) is 52.7 Å². The van der Waals surface area contributed by atoms with E-state index in [1.807, 2.05) is 77.1 Å². The fourth-order valence-electron chi connectivity index (χ4n) is 4.43. The van der Waals surface area contributed by atoms with Crippen LogP contribution in [0.3, 0.4) is 0 Å². The largest absolute Gasteiger partial charge is 0.444 e. The third-order valence-electron chi connectivity index (χ3n) is 6.31. The maximum atomic E-state index is 14.1. The number of hydrogen-bond donors (Lipinski definition) is 3. The number of ether oxygens (including phenoxy) is 1. The first-order chi connectivity index (χ1) is 18.3. The van der Waals surface area contributed by atoms with Crippen molar-refractivity contribution in [3.63, 3.8) is 0 Å².